The Balaban J connectivity index is -0.000000125. The minimum Gasteiger partial charge on any atom is -0.870 e. The van der Waals surface area contributed by atoms with E-state index in [0.717, 1.165) is 0 Å². The Morgan fingerprint density at radius 1 is 1.12 bits per heavy atom. The van der Waals surface area contributed by atoms with Crippen LogP contribution in [0.1, 0.15) is 34.1 Å². The maximum atomic E-state index is 2.24. The van der Waals surface area contributed by atoms with E-state index in [-0.39, 0.29) is 35.0 Å². The minimum absolute atomic E-state index is 0. The quantitative estimate of drug-likeness (QED) is 0.393. The summed E-state index contributed by atoms with van der Waals surface area (Å²) < 4.78 is 0. The Labute approximate surface area is 74.5 Å². The third-order valence-electron chi connectivity index (χ3n) is 1.06. The third kappa shape index (κ3) is 15.8. The molecule has 0 aliphatic rings. The van der Waals surface area contributed by atoms with Gasteiger partial charge in [-0.15, -0.1) is 0 Å². The first-order valence-corrected chi connectivity index (χ1v) is 2.56. The van der Waals surface area contributed by atoms with Gasteiger partial charge in [0, 0.05) is 0 Å². The summed E-state index contributed by atoms with van der Waals surface area (Å²) in [5.74, 6) is 0. The Morgan fingerprint density at radius 2 is 1.25 bits per heavy atom. The van der Waals surface area contributed by atoms with Gasteiger partial charge < -0.3 is 5.48 Å². The molecule has 0 amide bonds. The van der Waals surface area contributed by atoms with E-state index in [1.165, 1.54) is 6.42 Å². The van der Waals surface area contributed by atoms with Crippen molar-refractivity contribution < 1.29 is 35.0 Å². The molecule has 0 atom stereocenters. The van der Waals surface area contributed by atoms with E-state index in [9.17, 15) is 0 Å². The van der Waals surface area contributed by atoms with E-state index in [0.29, 0.717) is 5.41 Å². The smallest absolute Gasteiger partial charge is 0.870 e. The van der Waals surface area contributed by atoms with Crippen molar-refractivity contribution >= 4 is 0 Å². The monoisotopic (exact) mass is 126 g/mol. The van der Waals surface area contributed by atoms with Gasteiger partial charge >= 0.3 is 29.6 Å². The summed E-state index contributed by atoms with van der Waals surface area (Å²) in [6.07, 6.45) is 1.27. The van der Waals surface area contributed by atoms with E-state index in [1.807, 2.05) is 0 Å². The summed E-state index contributed by atoms with van der Waals surface area (Å²) >= 11 is 0. The van der Waals surface area contributed by atoms with Crippen LogP contribution in [0.3, 0.4) is 0 Å². The molecule has 8 heavy (non-hydrogen) atoms. The zero-order valence-electron chi connectivity index (χ0n) is 6.65. The minimum atomic E-state index is 0. The average Bonchev–Trinajstić information content (AvgIpc) is 1.35. The summed E-state index contributed by atoms with van der Waals surface area (Å²) in [5.41, 5.74) is 0.542. The molecule has 0 fully saturated rings. The van der Waals surface area contributed by atoms with E-state index < -0.39 is 0 Å². The average molecular weight is 126 g/mol. The fourth-order valence-electron chi connectivity index (χ4n) is 0. The van der Waals surface area contributed by atoms with Crippen molar-refractivity contribution in [2.24, 2.45) is 5.41 Å². The van der Waals surface area contributed by atoms with Crippen molar-refractivity contribution in [2.45, 2.75) is 34.1 Å². The topological polar surface area (TPSA) is 30.0 Å². The third-order valence-corrected chi connectivity index (χ3v) is 1.06. The SMILES string of the molecule is CCC(C)(C)C.[Na+].[OH-]. The molecule has 2 heteroatoms. The van der Waals surface area contributed by atoms with E-state index in [4.69, 9.17) is 0 Å². The van der Waals surface area contributed by atoms with Crippen LogP contribution >= 0.6 is 0 Å². The molecular weight excluding hydrogens is 111 g/mol. The van der Waals surface area contributed by atoms with Crippen LogP contribution in [-0.2, 0) is 0 Å². The van der Waals surface area contributed by atoms with Crippen LogP contribution in [0.4, 0.5) is 0 Å². The van der Waals surface area contributed by atoms with Crippen molar-refractivity contribution in [3.63, 3.8) is 0 Å². The second-order valence-corrected chi connectivity index (χ2v) is 2.91. The normalized spacial score (nSPS) is 9.00. The zero-order chi connectivity index (χ0) is 5.21. The first-order chi connectivity index (χ1) is 2.56. The largest absolute Gasteiger partial charge is 1.00 e. The molecule has 0 aromatic heterocycles. The van der Waals surface area contributed by atoms with Gasteiger partial charge in [0.05, 0.1) is 0 Å². The van der Waals surface area contributed by atoms with Crippen molar-refractivity contribution in [3.8, 4) is 0 Å². The van der Waals surface area contributed by atoms with E-state index in [2.05, 4.69) is 27.7 Å². The Bertz CT molecular complexity index is 38.3. The van der Waals surface area contributed by atoms with E-state index >= 15 is 0 Å². The fourth-order valence-corrected chi connectivity index (χ4v) is 0. The molecule has 0 saturated carbocycles. The van der Waals surface area contributed by atoms with Crippen LogP contribution in [-0.4, -0.2) is 5.48 Å². The summed E-state index contributed by atoms with van der Waals surface area (Å²) in [6.45, 7) is 8.94. The molecule has 46 valence electrons. The first kappa shape index (κ1) is 16.0. The molecule has 0 saturated heterocycles. The number of hydrogen-bond acceptors (Lipinski definition) is 1. The molecule has 1 nitrogen and oxygen atoms in total. The molecule has 1 N–H and O–H groups in total. The van der Waals surface area contributed by atoms with Crippen LogP contribution in [0, 0.1) is 5.41 Å². The Morgan fingerprint density at radius 3 is 1.25 bits per heavy atom. The van der Waals surface area contributed by atoms with Crippen LogP contribution in [0.25, 0.3) is 0 Å². The van der Waals surface area contributed by atoms with Gasteiger partial charge in [0.25, 0.3) is 0 Å². The Kier molecular flexibility index (Phi) is 12.2. The van der Waals surface area contributed by atoms with Gasteiger partial charge in [-0.3, -0.25) is 0 Å². The van der Waals surface area contributed by atoms with Gasteiger partial charge in [0.1, 0.15) is 0 Å². The molecule has 0 bridgehead atoms. The molecule has 0 aliphatic heterocycles. The molecule has 0 spiro atoms. The second-order valence-electron chi connectivity index (χ2n) is 2.91. The Hall–Kier alpha value is 0.960. The molecular formula is C6H15NaO. The predicted octanol–water partition coefficient (Wildman–Crippen LogP) is -0.730. The van der Waals surface area contributed by atoms with Crippen molar-refractivity contribution in [2.75, 3.05) is 0 Å². The predicted molar refractivity (Wildman–Crippen MR) is 31.7 cm³/mol. The molecule has 0 heterocycles. The van der Waals surface area contributed by atoms with Gasteiger partial charge in [-0.2, -0.15) is 0 Å². The first-order valence-electron chi connectivity index (χ1n) is 2.56. The zero-order valence-corrected chi connectivity index (χ0v) is 8.65. The number of hydrogen-bond donors (Lipinski definition) is 0. The summed E-state index contributed by atoms with van der Waals surface area (Å²) in [4.78, 5) is 0. The van der Waals surface area contributed by atoms with Crippen molar-refractivity contribution in [1.29, 1.82) is 0 Å². The summed E-state index contributed by atoms with van der Waals surface area (Å²) in [6, 6.07) is 0. The van der Waals surface area contributed by atoms with Gasteiger partial charge in [0.15, 0.2) is 0 Å². The van der Waals surface area contributed by atoms with Crippen LogP contribution < -0.4 is 29.6 Å². The van der Waals surface area contributed by atoms with E-state index in [1.54, 1.807) is 0 Å². The summed E-state index contributed by atoms with van der Waals surface area (Å²) in [5, 5.41) is 0. The standard InChI is InChI=1S/C6H14.Na.H2O/c1-5-6(2,3)4;;/h5H2,1-4H3;;1H2/q;+1;/p-1. The van der Waals surface area contributed by atoms with Gasteiger partial charge in [-0.1, -0.05) is 34.1 Å². The molecule has 0 aliphatic carbocycles. The molecule has 0 rings (SSSR count). The van der Waals surface area contributed by atoms with Crippen molar-refractivity contribution in [3.05, 3.63) is 0 Å². The fraction of sp³-hybridized carbons (Fsp3) is 1.00. The van der Waals surface area contributed by atoms with Crippen LogP contribution in [0.15, 0.2) is 0 Å². The maximum absolute atomic E-state index is 2.24. The molecule has 0 aromatic rings. The summed E-state index contributed by atoms with van der Waals surface area (Å²) in [7, 11) is 0. The van der Waals surface area contributed by atoms with Gasteiger partial charge in [-0.25, -0.2) is 0 Å². The molecule has 0 unspecified atom stereocenters. The van der Waals surface area contributed by atoms with Gasteiger partial charge in [-0.05, 0) is 5.41 Å². The van der Waals surface area contributed by atoms with Crippen LogP contribution in [0.5, 0.6) is 0 Å². The molecule has 0 radical (unpaired) electrons. The second kappa shape index (κ2) is 6.09. The van der Waals surface area contributed by atoms with Crippen LogP contribution in [0.2, 0.25) is 0 Å². The number of rotatable bonds is 0. The van der Waals surface area contributed by atoms with Gasteiger partial charge in [0.2, 0.25) is 0 Å². The molecule has 0 aromatic carbocycles. The maximum Gasteiger partial charge on any atom is 1.00 e. The van der Waals surface area contributed by atoms with Crippen molar-refractivity contribution in [1.82, 2.24) is 0 Å².